The molecule has 0 unspecified atom stereocenters. The number of hydrogen-bond donors (Lipinski definition) is 1. The van der Waals surface area contributed by atoms with Gasteiger partial charge in [0.05, 0.1) is 0 Å². The molecule has 0 radical (unpaired) electrons. The SMILES string of the molecule is C=C(C)CC.CCC.CCCN. The minimum Gasteiger partial charge on any atom is -0.330 e. The largest absolute Gasteiger partial charge is 0.330 e. The van der Waals surface area contributed by atoms with Gasteiger partial charge in [0.2, 0.25) is 0 Å². The third-order valence-electron chi connectivity index (χ3n) is 0.892. The minimum atomic E-state index is 0.819. The maximum atomic E-state index is 5.03. The molecular weight excluding hydrogens is 146 g/mol. The molecule has 0 bridgehead atoms. The van der Waals surface area contributed by atoms with Crippen LogP contribution in [-0.2, 0) is 0 Å². The Balaban J connectivity index is -0.000000105. The topological polar surface area (TPSA) is 26.0 Å². The van der Waals surface area contributed by atoms with Crippen molar-refractivity contribution in [3.8, 4) is 0 Å². The third-order valence-corrected chi connectivity index (χ3v) is 0.892. The maximum absolute atomic E-state index is 5.03. The molecule has 76 valence electrons. The van der Waals surface area contributed by atoms with Gasteiger partial charge in [-0.3, -0.25) is 0 Å². The van der Waals surface area contributed by atoms with E-state index in [9.17, 15) is 0 Å². The van der Waals surface area contributed by atoms with Crippen LogP contribution in [0, 0.1) is 0 Å². The molecule has 0 aliphatic rings. The maximum Gasteiger partial charge on any atom is -0.00799 e. The van der Waals surface area contributed by atoms with Gasteiger partial charge in [0.1, 0.15) is 0 Å². The molecule has 0 amide bonds. The molecule has 0 aromatic carbocycles. The first-order valence-electron chi connectivity index (χ1n) is 4.94. The Hall–Kier alpha value is -0.300. The van der Waals surface area contributed by atoms with Crippen molar-refractivity contribution < 1.29 is 0 Å². The quantitative estimate of drug-likeness (QED) is 0.632. The van der Waals surface area contributed by atoms with E-state index >= 15 is 0 Å². The van der Waals surface area contributed by atoms with Crippen LogP contribution in [0.5, 0.6) is 0 Å². The van der Waals surface area contributed by atoms with Crippen LogP contribution >= 0.6 is 0 Å². The second-order valence-electron chi connectivity index (χ2n) is 2.81. The lowest BCUT2D eigenvalue weighted by Crippen LogP contribution is -1.93. The van der Waals surface area contributed by atoms with E-state index < -0.39 is 0 Å². The summed E-state index contributed by atoms with van der Waals surface area (Å²) in [5.74, 6) is 0. The summed E-state index contributed by atoms with van der Waals surface area (Å²) >= 11 is 0. The molecule has 0 aromatic heterocycles. The average molecular weight is 173 g/mol. The molecule has 0 aromatic rings. The summed E-state index contributed by atoms with van der Waals surface area (Å²) in [5, 5.41) is 0. The van der Waals surface area contributed by atoms with Crippen LogP contribution in [0.4, 0.5) is 0 Å². The van der Waals surface area contributed by atoms with E-state index in [0.717, 1.165) is 19.4 Å². The van der Waals surface area contributed by atoms with Crippen molar-refractivity contribution in [1.82, 2.24) is 0 Å². The Morgan fingerprint density at radius 1 is 1.17 bits per heavy atom. The second kappa shape index (κ2) is 22.4. The van der Waals surface area contributed by atoms with Crippen molar-refractivity contribution >= 4 is 0 Å². The molecule has 0 fully saturated rings. The summed E-state index contributed by atoms with van der Waals surface area (Å²) in [7, 11) is 0. The lowest BCUT2D eigenvalue weighted by molar-refractivity contribution is 0.932. The van der Waals surface area contributed by atoms with Gasteiger partial charge in [-0.05, 0) is 26.3 Å². The molecule has 0 saturated carbocycles. The van der Waals surface area contributed by atoms with Crippen LogP contribution in [0.2, 0.25) is 0 Å². The summed E-state index contributed by atoms with van der Waals surface area (Å²) in [4.78, 5) is 0. The zero-order valence-electron chi connectivity index (χ0n) is 9.61. The zero-order chi connectivity index (χ0) is 10.4. The third kappa shape index (κ3) is 101. The van der Waals surface area contributed by atoms with E-state index in [1.54, 1.807) is 0 Å². The van der Waals surface area contributed by atoms with Gasteiger partial charge in [0.25, 0.3) is 0 Å². The number of nitrogens with two attached hydrogens (primary N) is 1. The summed E-state index contributed by atoms with van der Waals surface area (Å²) in [5.41, 5.74) is 6.28. The molecule has 0 aliphatic carbocycles. The van der Waals surface area contributed by atoms with Crippen molar-refractivity contribution in [2.75, 3.05) is 6.54 Å². The Morgan fingerprint density at radius 3 is 1.33 bits per heavy atom. The van der Waals surface area contributed by atoms with Crippen LogP contribution in [0.3, 0.4) is 0 Å². The van der Waals surface area contributed by atoms with Crippen LogP contribution in [0.25, 0.3) is 0 Å². The van der Waals surface area contributed by atoms with Gasteiger partial charge in [-0.25, -0.2) is 0 Å². The van der Waals surface area contributed by atoms with Crippen molar-refractivity contribution in [2.45, 2.75) is 53.9 Å². The number of hydrogen-bond acceptors (Lipinski definition) is 1. The molecule has 1 nitrogen and oxygen atoms in total. The van der Waals surface area contributed by atoms with Crippen LogP contribution in [0.15, 0.2) is 12.2 Å². The highest BCUT2D eigenvalue weighted by Gasteiger charge is 1.67. The predicted octanol–water partition coefficient (Wildman–Crippen LogP) is 3.74. The van der Waals surface area contributed by atoms with E-state index in [-0.39, 0.29) is 0 Å². The first-order valence-corrected chi connectivity index (χ1v) is 4.94. The Morgan fingerprint density at radius 2 is 1.33 bits per heavy atom. The number of rotatable bonds is 2. The van der Waals surface area contributed by atoms with E-state index in [2.05, 4.69) is 34.3 Å². The second-order valence-corrected chi connectivity index (χ2v) is 2.81. The molecule has 2 N–H and O–H groups in total. The van der Waals surface area contributed by atoms with E-state index in [1.807, 2.05) is 6.92 Å². The highest BCUT2D eigenvalue weighted by atomic mass is 14.5. The Labute approximate surface area is 79.1 Å². The van der Waals surface area contributed by atoms with Gasteiger partial charge in [0, 0.05) is 0 Å². The van der Waals surface area contributed by atoms with E-state index in [0.29, 0.717) is 0 Å². The smallest absolute Gasteiger partial charge is 0.00799 e. The van der Waals surface area contributed by atoms with Crippen molar-refractivity contribution in [2.24, 2.45) is 5.73 Å². The Kier molecular flexibility index (Phi) is 33.1. The van der Waals surface area contributed by atoms with Gasteiger partial charge in [-0.2, -0.15) is 0 Å². The lowest BCUT2D eigenvalue weighted by atomic mass is 10.3. The molecule has 0 atom stereocenters. The van der Waals surface area contributed by atoms with Gasteiger partial charge in [0.15, 0.2) is 0 Å². The molecule has 0 saturated heterocycles. The standard InChI is InChI=1S/C5H10.C3H9N.C3H8/c1-4-5(2)3;1-2-3-4;1-3-2/h2,4H2,1,3H3;2-4H2,1H3;3H2,1-2H3. The molecular formula is C11H27N. The molecule has 0 heterocycles. The zero-order valence-corrected chi connectivity index (χ0v) is 9.61. The monoisotopic (exact) mass is 173 g/mol. The van der Waals surface area contributed by atoms with E-state index in [1.165, 1.54) is 12.0 Å². The molecule has 0 spiro atoms. The molecule has 1 heteroatoms. The van der Waals surface area contributed by atoms with Gasteiger partial charge in [-0.15, -0.1) is 6.58 Å². The normalized spacial score (nSPS) is 7.17. The van der Waals surface area contributed by atoms with Crippen LogP contribution in [0.1, 0.15) is 53.9 Å². The fourth-order valence-electron chi connectivity index (χ4n) is 0. The molecule has 0 aliphatic heterocycles. The fraction of sp³-hybridized carbons (Fsp3) is 0.818. The van der Waals surface area contributed by atoms with Crippen molar-refractivity contribution in [3.63, 3.8) is 0 Å². The highest BCUT2D eigenvalue weighted by molar-refractivity contribution is 4.84. The fourth-order valence-corrected chi connectivity index (χ4v) is 0. The summed E-state index contributed by atoms with van der Waals surface area (Å²) in [6.45, 7) is 14.9. The van der Waals surface area contributed by atoms with Crippen molar-refractivity contribution in [1.29, 1.82) is 0 Å². The number of allylic oxidation sites excluding steroid dienone is 1. The van der Waals surface area contributed by atoms with Gasteiger partial charge < -0.3 is 5.73 Å². The first kappa shape index (κ1) is 17.7. The van der Waals surface area contributed by atoms with Gasteiger partial charge in [-0.1, -0.05) is 39.7 Å². The van der Waals surface area contributed by atoms with Gasteiger partial charge >= 0.3 is 0 Å². The highest BCUT2D eigenvalue weighted by Crippen LogP contribution is 1.88. The molecule has 12 heavy (non-hydrogen) atoms. The average Bonchev–Trinajstić information content (AvgIpc) is 2.06. The summed E-state index contributed by atoms with van der Waals surface area (Å²) in [6, 6.07) is 0. The first-order chi connectivity index (χ1) is 5.60. The summed E-state index contributed by atoms with van der Waals surface area (Å²) in [6.07, 6.45) is 3.46. The summed E-state index contributed by atoms with van der Waals surface area (Å²) < 4.78 is 0. The minimum absolute atomic E-state index is 0.819. The van der Waals surface area contributed by atoms with E-state index in [4.69, 9.17) is 5.73 Å². The molecule has 0 rings (SSSR count). The lowest BCUT2D eigenvalue weighted by Gasteiger charge is -1.79. The van der Waals surface area contributed by atoms with Crippen molar-refractivity contribution in [3.05, 3.63) is 12.2 Å². The predicted molar refractivity (Wildman–Crippen MR) is 60.4 cm³/mol. The van der Waals surface area contributed by atoms with Crippen LogP contribution < -0.4 is 5.73 Å². The Bertz CT molecular complexity index is 65.4. The van der Waals surface area contributed by atoms with Crippen LogP contribution in [-0.4, -0.2) is 6.54 Å².